The topological polar surface area (TPSA) is 92.2 Å². The number of aliphatic hydroxyl groups excluding tert-OH is 1. The molecule has 0 spiro atoms. The minimum absolute atomic E-state index is 0.0938. The standard InChI is InChI=1S/C26H34BrN3O4/c1-3-4-5-15-28-30-25(32)26(18-20-7-11-22(27)12-8-20)19(2)34-24(29-26)21-9-13-23(14-10-21)33-17-6-16-31/h7-14,19,28,31H,3-6,15-18H2,1-2H3,(H,30,32)/t19-,26-/m0/s1. The lowest BCUT2D eigenvalue weighted by Crippen LogP contribution is -2.56. The van der Waals surface area contributed by atoms with Crippen molar-refractivity contribution in [1.82, 2.24) is 10.9 Å². The lowest BCUT2D eigenvalue weighted by atomic mass is 9.86. The van der Waals surface area contributed by atoms with Gasteiger partial charge in [-0.25, -0.2) is 10.4 Å². The Kier molecular flexibility index (Phi) is 9.92. The second-order valence-electron chi connectivity index (χ2n) is 8.44. The largest absolute Gasteiger partial charge is 0.494 e. The zero-order valence-electron chi connectivity index (χ0n) is 19.9. The predicted octanol–water partition coefficient (Wildman–Crippen LogP) is 4.17. The Balaban J connectivity index is 1.81. The fourth-order valence-corrected chi connectivity index (χ4v) is 4.04. The molecule has 34 heavy (non-hydrogen) atoms. The van der Waals surface area contributed by atoms with Crippen LogP contribution in [0.25, 0.3) is 0 Å². The number of aliphatic imine (C=N–C) groups is 1. The molecular formula is C26H34BrN3O4. The Morgan fingerprint density at radius 2 is 1.88 bits per heavy atom. The van der Waals surface area contributed by atoms with Gasteiger partial charge in [0.05, 0.1) is 6.61 Å². The Labute approximate surface area is 210 Å². The molecular weight excluding hydrogens is 498 g/mol. The summed E-state index contributed by atoms with van der Waals surface area (Å²) in [4.78, 5) is 18.3. The van der Waals surface area contributed by atoms with E-state index in [1.54, 1.807) is 0 Å². The average molecular weight is 532 g/mol. The molecule has 3 rings (SSSR count). The summed E-state index contributed by atoms with van der Waals surface area (Å²) >= 11 is 3.47. The van der Waals surface area contributed by atoms with Gasteiger partial charge in [-0.2, -0.15) is 0 Å². The summed E-state index contributed by atoms with van der Waals surface area (Å²) in [5.41, 5.74) is 6.61. The fourth-order valence-electron chi connectivity index (χ4n) is 3.77. The molecule has 0 fully saturated rings. The number of nitrogens with one attached hydrogen (secondary N) is 2. The number of benzene rings is 2. The van der Waals surface area contributed by atoms with Crippen LogP contribution in [-0.4, -0.2) is 48.3 Å². The van der Waals surface area contributed by atoms with Crippen molar-refractivity contribution in [1.29, 1.82) is 0 Å². The number of amides is 1. The van der Waals surface area contributed by atoms with Crippen LogP contribution < -0.4 is 15.6 Å². The number of ether oxygens (including phenoxy) is 2. The van der Waals surface area contributed by atoms with Crippen LogP contribution >= 0.6 is 15.9 Å². The normalized spacial score (nSPS) is 19.4. The number of carbonyl (C=O) groups excluding carboxylic acids is 1. The maximum atomic E-state index is 13.4. The highest BCUT2D eigenvalue weighted by molar-refractivity contribution is 9.10. The molecule has 0 radical (unpaired) electrons. The lowest BCUT2D eigenvalue weighted by Gasteiger charge is -2.28. The third-order valence-electron chi connectivity index (χ3n) is 5.82. The van der Waals surface area contributed by atoms with Crippen molar-refractivity contribution >= 4 is 27.7 Å². The minimum Gasteiger partial charge on any atom is -0.494 e. The van der Waals surface area contributed by atoms with Crippen molar-refractivity contribution in [2.45, 2.75) is 57.6 Å². The van der Waals surface area contributed by atoms with Crippen molar-refractivity contribution in [3.05, 3.63) is 64.1 Å². The molecule has 1 heterocycles. The third-order valence-corrected chi connectivity index (χ3v) is 6.35. The van der Waals surface area contributed by atoms with Crippen LogP contribution in [0.1, 0.15) is 50.7 Å². The van der Waals surface area contributed by atoms with E-state index in [0.717, 1.165) is 34.9 Å². The van der Waals surface area contributed by atoms with E-state index in [0.29, 0.717) is 37.6 Å². The molecule has 7 nitrogen and oxygen atoms in total. The highest BCUT2D eigenvalue weighted by Crippen LogP contribution is 2.33. The van der Waals surface area contributed by atoms with Crippen molar-refractivity contribution in [3.8, 4) is 5.75 Å². The van der Waals surface area contributed by atoms with Gasteiger partial charge in [0.25, 0.3) is 5.91 Å². The Morgan fingerprint density at radius 1 is 1.15 bits per heavy atom. The highest BCUT2D eigenvalue weighted by atomic mass is 79.9. The molecule has 0 saturated heterocycles. The molecule has 0 aliphatic carbocycles. The van der Waals surface area contributed by atoms with Gasteiger partial charge in [-0.3, -0.25) is 10.2 Å². The summed E-state index contributed by atoms with van der Waals surface area (Å²) in [5.74, 6) is 0.935. The molecule has 0 bridgehead atoms. The number of carbonyl (C=O) groups is 1. The molecule has 1 aliphatic heterocycles. The highest BCUT2D eigenvalue weighted by Gasteiger charge is 2.50. The van der Waals surface area contributed by atoms with Gasteiger partial charge < -0.3 is 14.6 Å². The van der Waals surface area contributed by atoms with Crippen LogP contribution in [0.5, 0.6) is 5.75 Å². The number of rotatable bonds is 13. The molecule has 0 unspecified atom stereocenters. The van der Waals surface area contributed by atoms with Gasteiger partial charge >= 0.3 is 0 Å². The monoisotopic (exact) mass is 531 g/mol. The number of unbranched alkanes of at least 4 members (excludes halogenated alkanes) is 2. The zero-order valence-corrected chi connectivity index (χ0v) is 21.4. The van der Waals surface area contributed by atoms with E-state index in [1.165, 1.54) is 0 Å². The minimum atomic E-state index is -1.10. The van der Waals surface area contributed by atoms with E-state index in [4.69, 9.17) is 19.6 Å². The number of hydrogen-bond acceptors (Lipinski definition) is 6. The molecule has 2 aromatic rings. The first kappa shape index (κ1) is 26.2. The van der Waals surface area contributed by atoms with E-state index in [1.807, 2.05) is 55.5 Å². The van der Waals surface area contributed by atoms with Crippen LogP contribution in [0.2, 0.25) is 0 Å². The quantitative estimate of drug-likeness (QED) is 0.266. The van der Waals surface area contributed by atoms with E-state index in [2.05, 4.69) is 33.7 Å². The summed E-state index contributed by atoms with van der Waals surface area (Å²) in [7, 11) is 0. The smallest absolute Gasteiger partial charge is 0.266 e. The van der Waals surface area contributed by atoms with Crippen molar-refractivity contribution in [2.75, 3.05) is 19.8 Å². The van der Waals surface area contributed by atoms with Crippen LogP contribution in [-0.2, 0) is 16.0 Å². The summed E-state index contributed by atoms with van der Waals surface area (Å²) in [6.07, 6.45) is 3.75. The van der Waals surface area contributed by atoms with Gasteiger partial charge in [-0.05, 0) is 55.3 Å². The van der Waals surface area contributed by atoms with E-state index in [9.17, 15) is 4.79 Å². The molecule has 2 aromatic carbocycles. The molecule has 1 amide bonds. The SMILES string of the molecule is CCCCCNNC(=O)[C@@]1(Cc2ccc(Br)cc2)N=C(c2ccc(OCCCO)cc2)O[C@H]1C. The Morgan fingerprint density at radius 3 is 2.56 bits per heavy atom. The fraction of sp³-hybridized carbons (Fsp3) is 0.462. The predicted molar refractivity (Wildman–Crippen MR) is 137 cm³/mol. The summed E-state index contributed by atoms with van der Waals surface area (Å²) in [6, 6.07) is 15.3. The number of nitrogens with zero attached hydrogens (tertiary/aromatic N) is 1. The van der Waals surface area contributed by atoms with E-state index < -0.39 is 11.6 Å². The van der Waals surface area contributed by atoms with E-state index >= 15 is 0 Å². The molecule has 2 atom stereocenters. The average Bonchev–Trinajstić information content (AvgIpc) is 3.18. The van der Waals surface area contributed by atoms with Gasteiger partial charge in [-0.15, -0.1) is 0 Å². The van der Waals surface area contributed by atoms with Gasteiger partial charge in [0.1, 0.15) is 11.9 Å². The van der Waals surface area contributed by atoms with Gasteiger partial charge in [0.15, 0.2) is 5.54 Å². The van der Waals surface area contributed by atoms with Crippen LogP contribution in [0.3, 0.4) is 0 Å². The maximum absolute atomic E-state index is 13.4. The molecule has 8 heteroatoms. The van der Waals surface area contributed by atoms with Crippen LogP contribution in [0, 0.1) is 0 Å². The Hall–Kier alpha value is -2.42. The maximum Gasteiger partial charge on any atom is 0.266 e. The number of aliphatic hydroxyl groups is 1. The summed E-state index contributed by atoms with van der Waals surface area (Å²) in [6.45, 7) is 5.28. The molecule has 0 aromatic heterocycles. The lowest BCUT2D eigenvalue weighted by molar-refractivity contribution is -0.129. The summed E-state index contributed by atoms with van der Waals surface area (Å²) in [5, 5.41) is 8.91. The number of halogens is 1. The number of hydrazine groups is 1. The van der Waals surface area contributed by atoms with Gasteiger partial charge in [0, 0.05) is 36.0 Å². The first-order chi connectivity index (χ1) is 16.5. The van der Waals surface area contributed by atoms with Crippen molar-refractivity contribution in [2.24, 2.45) is 4.99 Å². The molecule has 0 saturated carbocycles. The molecule has 1 aliphatic rings. The first-order valence-corrected chi connectivity index (χ1v) is 12.7. The van der Waals surface area contributed by atoms with E-state index in [-0.39, 0.29) is 12.5 Å². The Bertz CT molecular complexity index is 950. The van der Waals surface area contributed by atoms with Gasteiger partial charge in [0.2, 0.25) is 5.90 Å². The van der Waals surface area contributed by atoms with Crippen LogP contribution in [0.15, 0.2) is 58.0 Å². The first-order valence-electron chi connectivity index (χ1n) is 11.9. The van der Waals surface area contributed by atoms with Crippen molar-refractivity contribution < 1.29 is 19.4 Å². The second-order valence-corrected chi connectivity index (χ2v) is 9.36. The van der Waals surface area contributed by atoms with Gasteiger partial charge in [-0.1, -0.05) is 47.8 Å². The summed E-state index contributed by atoms with van der Waals surface area (Å²) < 4.78 is 12.7. The second kappa shape index (κ2) is 12.9. The molecule has 184 valence electrons. The van der Waals surface area contributed by atoms with Crippen LogP contribution in [0.4, 0.5) is 0 Å². The zero-order chi connectivity index (χ0) is 24.4. The van der Waals surface area contributed by atoms with Crippen molar-refractivity contribution in [3.63, 3.8) is 0 Å². The molecule has 3 N–H and O–H groups in total. The number of hydrogen-bond donors (Lipinski definition) is 3. The third kappa shape index (κ3) is 6.81.